The first-order valence-electron chi connectivity index (χ1n) is 6.24. The summed E-state index contributed by atoms with van der Waals surface area (Å²) >= 11 is 0. The zero-order valence-electron chi connectivity index (χ0n) is 10.2. The van der Waals surface area contributed by atoms with E-state index in [1.54, 1.807) is 12.1 Å². The van der Waals surface area contributed by atoms with Crippen LogP contribution in [0.3, 0.4) is 0 Å². The highest BCUT2D eigenvalue weighted by molar-refractivity contribution is 5.78. The van der Waals surface area contributed by atoms with Gasteiger partial charge in [0.1, 0.15) is 5.76 Å². The topological polar surface area (TPSA) is 48.4 Å². The maximum absolute atomic E-state index is 13.5. The molecule has 2 aromatic rings. The van der Waals surface area contributed by atoms with Crippen molar-refractivity contribution in [1.29, 1.82) is 0 Å². The molecule has 3 unspecified atom stereocenters. The fraction of sp³-hybridized carbons (Fsp3) is 0.429. The van der Waals surface area contributed by atoms with E-state index in [9.17, 15) is 4.39 Å². The molecule has 2 heterocycles. The lowest BCUT2D eigenvalue weighted by Crippen LogP contribution is -2.25. The Kier molecular flexibility index (Phi) is 2.84. The average Bonchev–Trinajstić information content (AvgIpc) is 2.95. The minimum absolute atomic E-state index is 0.0383. The molecule has 18 heavy (non-hydrogen) atoms. The third kappa shape index (κ3) is 1.91. The molecule has 0 bridgehead atoms. The van der Waals surface area contributed by atoms with Crippen molar-refractivity contribution in [1.82, 2.24) is 0 Å². The maximum Gasteiger partial charge on any atom is 0.169 e. The summed E-state index contributed by atoms with van der Waals surface area (Å²) in [4.78, 5) is 0. The summed E-state index contributed by atoms with van der Waals surface area (Å²) in [6.45, 7) is 2.03. The second kappa shape index (κ2) is 4.37. The van der Waals surface area contributed by atoms with Crippen LogP contribution < -0.4 is 5.73 Å². The van der Waals surface area contributed by atoms with Gasteiger partial charge in [-0.2, -0.15) is 0 Å². The molecule has 1 aromatic heterocycles. The molecule has 1 aliphatic heterocycles. The van der Waals surface area contributed by atoms with Crippen LogP contribution in [-0.2, 0) is 4.74 Å². The largest absolute Gasteiger partial charge is 0.456 e. The summed E-state index contributed by atoms with van der Waals surface area (Å²) in [6.07, 6.45) is 2.13. The van der Waals surface area contributed by atoms with Crippen LogP contribution in [0.1, 0.15) is 31.6 Å². The van der Waals surface area contributed by atoms with Gasteiger partial charge in [0.15, 0.2) is 11.4 Å². The monoisotopic (exact) mass is 249 g/mol. The van der Waals surface area contributed by atoms with Crippen LogP contribution in [0.25, 0.3) is 11.0 Å². The molecular weight excluding hydrogens is 233 g/mol. The van der Waals surface area contributed by atoms with Crippen molar-refractivity contribution in [3.8, 4) is 0 Å². The normalized spacial score (nSPS) is 25.7. The number of ether oxygens (including phenoxy) is 1. The number of hydrogen-bond donors (Lipinski definition) is 1. The van der Waals surface area contributed by atoms with Crippen LogP contribution in [0.2, 0.25) is 0 Å². The fourth-order valence-electron chi connectivity index (χ4n) is 2.49. The van der Waals surface area contributed by atoms with Gasteiger partial charge in [0, 0.05) is 5.39 Å². The van der Waals surface area contributed by atoms with Gasteiger partial charge in [0.25, 0.3) is 0 Å². The van der Waals surface area contributed by atoms with Gasteiger partial charge >= 0.3 is 0 Å². The van der Waals surface area contributed by atoms with E-state index in [1.807, 2.05) is 13.0 Å². The summed E-state index contributed by atoms with van der Waals surface area (Å²) in [5, 5.41) is 0.742. The van der Waals surface area contributed by atoms with Gasteiger partial charge in [-0.1, -0.05) is 12.1 Å². The standard InChI is InChI=1S/C14H16FNO2/c1-8-5-6-11(17-8)13(16)12-7-9-3-2-4-10(15)14(9)18-12/h2-4,7-8,11,13H,5-6,16H2,1H3. The molecule has 2 N–H and O–H groups in total. The smallest absolute Gasteiger partial charge is 0.169 e. The molecule has 0 aliphatic carbocycles. The van der Waals surface area contributed by atoms with E-state index in [0.717, 1.165) is 18.2 Å². The van der Waals surface area contributed by atoms with Crippen LogP contribution in [0.4, 0.5) is 4.39 Å². The predicted molar refractivity (Wildman–Crippen MR) is 66.7 cm³/mol. The summed E-state index contributed by atoms with van der Waals surface area (Å²) in [5.74, 6) is 0.237. The lowest BCUT2D eigenvalue weighted by atomic mass is 10.1. The van der Waals surface area contributed by atoms with Crippen molar-refractivity contribution in [3.05, 3.63) is 35.8 Å². The Balaban J connectivity index is 1.92. The lowest BCUT2D eigenvalue weighted by Gasteiger charge is -2.17. The summed E-state index contributed by atoms with van der Waals surface area (Å²) in [5.41, 5.74) is 6.41. The first-order valence-corrected chi connectivity index (χ1v) is 6.24. The van der Waals surface area contributed by atoms with E-state index in [4.69, 9.17) is 14.9 Å². The molecule has 3 rings (SSSR count). The highest BCUT2D eigenvalue weighted by atomic mass is 19.1. The van der Waals surface area contributed by atoms with E-state index in [0.29, 0.717) is 5.76 Å². The zero-order valence-corrected chi connectivity index (χ0v) is 10.2. The third-order valence-corrected chi connectivity index (χ3v) is 3.51. The Morgan fingerprint density at radius 3 is 2.89 bits per heavy atom. The van der Waals surface area contributed by atoms with Crippen LogP contribution in [0.5, 0.6) is 0 Å². The molecule has 0 saturated carbocycles. The second-order valence-corrected chi connectivity index (χ2v) is 4.90. The molecule has 1 aromatic carbocycles. The minimum atomic E-state index is -0.355. The van der Waals surface area contributed by atoms with E-state index in [1.165, 1.54) is 6.07 Å². The highest BCUT2D eigenvalue weighted by Gasteiger charge is 2.30. The number of halogens is 1. The van der Waals surface area contributed by atoms with Gasteiger partial charge in [-0.25, -0.2) is 4.39 Å². The van der Waals surface area contributed by atoms with Crippen LogP contribution in [0, 0.1) is 5.82 Å². The van der Waals surface area contributed by atoms with E-state index in [2.05, 4.69) is 0 Å². The van der Waals surface area contributed by atoms with Crippen molar-refractivity contribution >= 4 is 11.0 Å². The predicted octanol–water partition coefficient (Wildman–Crippen LogP) is 3.14. The van der Waals surface area contributed by atoms with Crippen LogP contribution in [-0.4, -0.2) is 12.2 Å². The van der Waals surface area contributed by atoms with Gasteiger partial charge in [-0.15, -0.1) is 0 Å². The van der Waals surface area contributed by atoms with Crippen molar-refractivity contribution in [3.63, 3.8) is 0 Å². The Bertz CT molecular complexity index is 566. The van der Waals surface area contributed by atoms with Crippen molar-refractivity contribution in [2.45, 2.75) is 38.0 Å². The number of para-hydroxylation sites is 1. The van der Waals surface area contributed by atoms with E-state index >= 15 is 0 Å². The van der Waals surface area contributed by atoms with Crippen molar-refractivity contribution in [2.75, 3.05) is 0 Å². The first kappa shape index (κ1) is 11.7. The number of hydrogen-bond acceptors (Lipinski definition) is 3. The lowest BCUT2D eigenvalue weighted by molar-refractivity contribution is 0.0362. The molecule has 3 atom stereocenters. The molecule has 1 aliphatic rings. The number of benzene rings is 1. The SMILES string of the molecule is CC1CCC(C(N)c2cc3cccc(F)c3o2)O1. The zero-order chi connectivity index (χ0) is 12.7. The summed E-state index contributed by atoms with van der Waals surface area (Å²) in [7, 11) is 0. The van der Waals surface area contributed by atoms with Gasteiger partial charge in [-0.05, 0) is 31.9 Å². The Hall–Kier alpha value is -1.39. The molecule has 4 heteroatoms. The second-order valence-electron chi connectivity index (χ2n) is 4.90. The number of nitrogens with two attached hydrogens (primary N) is 1. The van der Waals surface area contributed by atoms with Crippen LogP contribution in [0.15, 0.2) is 28.7 Å². The molecule has 3 nitrogen and oxygen atoms in total. The van der Waals surface area contributed by atoms with Crippen molar-refractivity contribution < 1.29 is 13.5 Å². The number of furan rings is 1. The molecular formula is C14H16FNO2. The molecule has 1 fully saturated rings. The summed E-state index contributed by atoms with van der Waals surface area (Å²) < 4.78 is 24.8. The Labute approximate surface area is 105 Å². The molecule has 0 radical (unpaired) electrons. The molecule has 1 saturated heterocycles. The number of fused-ring (bicyclic) bond motifs is 1. The fourth-order valence-corrected chi connectivity index (χ4v) is 2.49. The average molecular weight is 249 g/mol. The Morgan fingerprint density at radius 1 is 1.39 bits per heavy atom. The van der Waals surface area contributed by atoms with E-state index < -0.39 is 0 Å². The molecule has 0 amide bonds. The van der Waals surface area contributed by atoms with Gasteiger partial charge < -0.3 is 14.9 Å². The molecule has 96 valence electrons. The third-order valence-electron chi connectivity index (χ3n) is 3.51. The maximum atomic E-state index is 13.5. The Morgan fingerprint density at radius 2 is 2.22 bits per heavy atom. The van der Waals surface area contributed by atoms with Gasteiger partial charge in [0.2, 0.25) is 0 Å². The van der Waals surface area contributed by atoms with Gasteiger partial charge in [0.05, 0.1) is 18.2 Å². The quantitative estimate of drug-likeness (QED) is 0.889. The minimum Gasteiger partial charge on any atom is -0.456 e. The highest BCUT2D eigenvalue weighted by Crippen LogP contribution is 2.32. The van der Waals surface area contributed by atoms with E-state index in [-0.39, 0.29) is 29.7 Å². The van der Waals surface area contributed by atoms with Gasteiger partial charge in [-0.3, -0.25) is 0 Å². The van der Waals surface area contributed by atoms with Crippen LogP contribution >= 0.6 is 0 Å². The summed E-state index contributed by atoms with van der Waals surface area (Å²) in [6, 6.07) is 6.33. The first-order chi connectivity index (χ1) is 8.65. The van der Waals surface area contributed by atoms with Crippen molar-refractivity contribution in [2.24, 2.45) is 5.73 Å². The number of rotatable bonds is 2. The molecule has 0 spiro atoms.